The van der Waals surface area contributed by atoms with E-state index in [4.69, 9.17) is 30.5 Å². The maximum atomic E-state index is 12.5. The van der Waals surface area contributed by atoms with Gasteiger partial charge in [0.05, 0.1) is 17.7 Å². The minimum atomic E-state index is -0.639. The molecule has 158 valence electrons. The summed E-state index contributed by atoms with van der Waals surface area (Å²) in [7, 11) is 1.63. The van der Waals surface area contributed by atoms with Crippen molar-refractivity contribution in [1.29, 1.82) is 0 Å². The van der Waals surface area contributed by atoms with Crippen molar-refractivity contribution in [1.82, 2.24) is 4.90 Å². The number of esters is 1. The summed E-state index contributed by atoms with van der Waals surface area (Å²) in [6, 6.07) is 10.7. The highest BCUT2D eigenvalue weighted by Gasteiger charge is 2.24. The number of nitrogens with zero attached hydrogens (tertiary/aromatic N) is 2. The summed E-state index contributed by atoms with van der Waals surface area (Å²) in [6.45, 7) is 2.23. The molecule has 1 fully saturated rings. The van der Waals surface area contributed by atoms with Crippen LogP contribution >= 0.6 is 11.6 Å². The lowest BCUT2D eigenvalue weighted by molar-refractivity contribution is -0.134. The Hall–Kier alpha value is -3.13. The predicted octanol–water partition coefficient (Wildman–Crippen LogP) is 2.58. The van der Waals surface area contributed by atoms with Crippen LogP contribution in [-0.2, 0) is 9.53 Å². The highest BCUT2D eigenvalue weighted by atomic mass is 35.5. The molecule has 0 unspecified atom stereocenters. The van der Waals surface area contributed by atoms with Gasteiger partial charge in [-0.25, -0.2) is 4.79 Å². The molecular weight excluding hydrogens is 412 g/mol. The maximum Gasteiger partial charge on any atom is 0.338 e. The highest BCUT2D eigenvalue weighted by Crippen LogP contribution is 2.39. The van der Waals surface area contributed by atoms with Gasteiger partial charge >= 0.3 is 5.97 Å². The lowest BCUT2D eigenvalue weighted by Crippen LogP contribution is -2.49. The molecule has 1 saturated heterocycles. The Morgan fingerprint density at radius 3 is 2.50 bits per heavy atom. The van der Waals surface area contributed by atoms with Gasteiger partial charge in [0.1, 0.15) is 5.75 Å². The number of rotatable bonds is 5. The van der Waals surface area contributed by atoms with Gasteiger partial charge in [0.2, 0.25) is 6.79 Å². The van der Waals surface area contributed by atoms with E-state index in [-0.39, 0.29) is 29.9 Å². The van der Waals surface area contributed by atoms with Gasteiger partial charge in [-0.2, -0.15) is 0 Å². The smallest absolute Gasteiger partial charge is 0.338 e. The molecule has 2 aromatic rings. The lowest BCUT2D eigenvalue weighted by Gasteiger charge is -2.36. The first-order valence-electron chi connectivity index (χ1n) is 9.48. The molecule has 4 rings (SSSR count). The van der Waals surface area contributed by atoms with Crippen LogP contribution in [-0.4, -0.2) is 63.5 Å². The fourth-order valence-electron chi connectivity index (χ4n) is 3.39. The number of methoxy groups -OCH3 is 1. The fraction of sp³-hybridized carbons (Fsp3) is 0.333. The number of hydrogen-bond donors (Lipinski definition) is 0. The number of anilines is 1. The first kappa shape index (κ1) is 20.2. The zero-order valence-corrected chi connectivity index (χ0v) is 17.2. The van der Waals surface area contributed by atoms with Gasteiger partial charge in [0.25, 0.3) is 5.91 Å². The Balaban J connectivity index is 1.28. The molecular formula is C21H21ClN2O6. The summed E-state index contributed by atoms with van der Waals surface area (Å²) >= 11 is 6.08. The molecule has 0 atom stereocenters. The number of carbonyl (C=O) groups excluding carboxylic acids is 2. The van der Waals surface area contributed by atoms with Crippen LogP contribution < -0.4 is 19.1 Å². The second-order valence-electron chi connectivity index (χ2n) is 6.83. The minimum Gasteiger partial charge on any atom is -0.497 e. The topological polar surface area (TPSA) is 77.5 Å². The van der Waals surface area contributed by atoms with Crippen molar-refractivity contribution in [3.05, 3.63) is 47.0 Å². The number of amides is 1. The predicted molar refractivity (Wildman–Crippen MR) is 110 cm³/mol. The van der Waals surface area contributed by atoms with Gasteiger partial charge in [-0.05, 0) is 36.4 Å². The SMILES string of the molecule is COc1ccc(N2CCN(C(=O)COC(=O)c3cc(Cl)c4c(c3)OCO4)CC2)cc1. The van der Waals surface area contributed by atoms with E-state index < -0.39 is 5.97 Å². The van der Waals surface area contributed by atoms with Crippen molar-refractivity contribution in [2.75, 3.05) is 51.6 Å². The summed E-state index contributed by atoms with van der Waals surface area (Å²) in [5.41, 5.74) is 1.29. The van der Waals surface area contributed by atoms with Crippen molar-refractivity contribution in [2.45, 2.75) is 0 Å². The normalized spacial score (nSPS) is 15.1. The Labute approximate surface area is 178 Å². The van der Waals surface area contributed by atoms with Gasteiger partial charge < -0.3 is 28.7 Å². The van der Waals surface area contributed by atoms with Gasteiger partial charge in [-0.15, -0.1) is 0 Å². The van der Waals surface area contributed by atoms with Gasteiger partial charge in [-0.1, -0.05) is 11.6 Å². The molecule has 9 heteroatoms. The van der Waals surface area contributed by atoms with E-state index in [1.807, 2.05) is 24.3 Å². The van der Waals surface area contributed by atoms with E-state index in [2.05, 4.69) is 4.90 Å². The molecule has 0 radical (unpaired) electrons. The van der Waals surface area contributed by atoms with Crippen LogP contribution in [0.1, 0.15) is 10.4 Å². The van der Waals surface area contributed by atoms with Crippen LogP contribution in [0.5, 0.6) is 17.2 Å². The van der Waals surface area contributed by atoms with Crippen molar-refractivity contribution in [2.24, 2.45) is 0 Å². The van der Waals surface area contributed by atoms with Crippen molar-refractivity contribution < 1.29 is 28.5 Å². The second kappa shape index (κ2) is 8.71. The average Bonchev–Trinajstić information content (AvgIpc) is 3.27. The third-order valence-corrected chi connectivity index (χ3v) is 5.34. The molecule has 0 aliphatic carbocycles. The fourth-order valence-corrected chi connectivity index (χ4v) is 3.66. The van der Waals surface area contributed by atoms with Gasteiger partial charge in [-0.3, -0.25) is 4.79 Å². The first-order valence-corrected chi connectivity index (χ1v) is 9.86. The first-order chi connectivity index (χ1) is 14.5. The van der Waals surface area contributed by atoms with E-state index in [9.17, 15) is 9.59 Å². The Morgan fingerprint density at radius 1 is 1.07 bits per heavy atom. The Bertz CT molecular complexity index is 941. The summed E-state index contributed by atoms with van der Waals surface area (Å²) in [5.74, 6) is 0.720. The number of halogens is 1. The average molecular weight is 433 g/mol. The summed E-state index contributed by atoms with van der Waals surface area (Å²) in [5, 5.41) is 0.262. The van der Waals surface area contributed by atoms with Crippen LogP contribution in [0.25, 0.3) is 0 Å². The molecule has 0 spiro atoms. The number of carbonyl (C=O) groups is 2. The van der Waals surface area contributed by atoms with Crippen LogP contribution in [0.15, 0.2) is 36.4 Å². The van der Waals surface area contributed by atoms with E-state index in [1.165, 1.54) is 12.1 Å². The number of ether oxygens (including phenoxy) is 4. The maximum absolute atomic E-state index is 12.5. The molecule has 0 N–H and O–H groups in total. The van der Waals surface area contributed by atoms with Gasteiger partial charge in [0.15, 0.2) is 18.1 Å². The highest BCUT2D eigenvalue weighted by molar-refractivity contribution is 6.32. The molecule has 0 aromatic heterocycles. The zero-order valence-electron chi connectivity index (χ0n) is 16.4. The van der Waals surface area contributed by atoms with E-state index >= 15 is 0 Å². The molecule has 0 saturated carbocycles. The number of fused-ring (bicyclic) bond motifs is 1. The molecule has 2 aliphatic rings. The molecule has 30 heavy (non-hydrogen) atoms. The zero-order chi connectivity index (χ0) is 21.1. The molecule has 2 aromatic carbocycles. The third-order valence-electron chi connectivity index (χ3n) is 5.06. The number of piperazine rings is 1. The monoisotopic (exact) mass is 432 g/mol. The van der Waals surface area contributed by atoms with Crippen molar-refractivity contribution in [3.8, 4) is 17.2 Å². The largest absolute Gasteiger partial charge is 0.497 e. The second-order valence-corrected chi connectivity index (χ2v) is 7.24. The Kier molecular flexibility index (Phi) is 5.85. The molecule has 2 aliphatic heterocycles. The van der Waals surface area contributed by atoms with Crippen LogP contribution in [0.4, 0.5) is 5.69 Å². The molecule has 8 nitrogen and oxygen atoms in total. The molecule has 0 bridgehead atoms. The Morgan fingerprint density at radius 2 is 1.80 bits per heavy atom. The standard InChI is InChI=1S/C21H21ClN2O6/c1-27-16-4-2-15(3-5-16)23-6-8-24(9-7-23)19(25)12-28-21(26)14-10-17(22)20-18(11-14)29-13-30-20/h2-5,10-11H,6-9,12-13H2,1H3. The molecule has 2 heterocycles. The van der Waals surface area contributed by atoms with E-state index in [1.54, 1.807) is 12.0 Å². The summed E-state index contributed by atoms with van der Waals surface area (Å²) < 4.78 is 20.8. The van der Waals surface area contributed by atoms with E-state index in [0.29, 0.717) is 37.7 Å². The van der Waals surface area contributed by atoms with Crippen molar-refractivity contribution >= 4 is 29.2 Å². The van der Waals surface area contributed by atoms with Crippen LogP contribution in [0.2, 0.25) is 5.02 Å². The van der Waals surface area contributed by atoms with Crippen molar-refractivity contribution in [3.63, 3.8) is 0 Å². The summed E-state index contributed by atoms with van der Waals surface area (Å²) in [4.78, 5) is 28.7. The van der Waals surface area contributed by atoms with E-state index in [0.717, 1.165) is 11.4 Å². The number of hydrogen-bond acceptors (Lipinski definition) is 7. The van der Waals surface area contributed by atoms with Crippen LogP contribution in [0, 0.1) is 0 Å². The number of benzene rings is 2. The quantitative estimate of drug-likeness (QED) is 0.672. The van der Waals surface area contributed by atoms with Crippen LogP contribution in [0.3, 0.4) is 0 Å². The lowest BCUT2D eigenvalue weighted by atomic mass is 10.2. The third kappa shape index (κ3) is 4.23. The minimum absolute atomic E-state index is 0.0501. The molecule has 1 amide bonds. The van der Waals surface area contributed by atoms with Gasteiger partial charge in [0, 0.05) is 31.9 Å². The summed E-state index contributed by atoms with van der Waals surface area (Å²) in [6.07, 6.45) is 0.